The maximum absolute atomic E-state index is 13.8. The van der Waals surface area contributed by atoms with E-state index >= 15 is 0 Å². The topological polar surface area (TPSA) is 120 Å². The lowest BCUT2D eigenvalue weighted by molar-refractivity contribution is -0.114. The summed E-state index contributed by atoms with van der Waals surface area (Å²) in [5.74, 6) is -0.213. The lowest BCUT2D eigenvalue weighted by Crippen LogP contribution is -2.08. The molecule has 0 aliphatic heterocycles. The summed E-state index contributed by atoms with van der Waals surface area (Å²) in [6.07, 6.45) is 0.876. The van der Waals surface area contributed by atoms with E-state index in [1.807, 2.05) is 42.5 Å². The van der Waals surface area contributed by atoms with Crippen LogP contribution in [-0.2, 0) is 21.1 Å². The number of sulfone groups is 1. The van der Waals surface area contributed by atoms with Crippen molar-refractivity contribution in [3.05, 3.63) is 78.4 Å². The highest BCUT2D eigenvalue weighted by atomic mass is 32.2. The number of hydrogen-bond acceptors (Lipinski definition) is 6. The summed E-state index contributed by atoms with van der Waals surface area (Å²) < 4.78 is 29.3. The molecule has 3 aromatic carbocycles. The number of hydrogen-bond donors (Lipinski definition) is 2. The predicted molar refractivity (Wildman–Crippen MR) is 136 cm³/mol. The van der Waals surface area contributed by atoms with Crippen molar-refractivity contribution in [3.63, 3.8) is 0 Å². The number of benzene rings is 3. The van der Waals surface area contributed by atoms with Crippen LogP contribution >= 0.6 is 0 Å². The first-order valence-electron chi connectivity index (χ1n) is 11.1. The van der Waals surface area contributed by atoms with Crippen LogP contribution in [0.2, 0.25) is 0 Å². The Kier molecular flexibility index (Phi) is 5.49. The second kappa shape index (κ2) is 8.52. The zero-order valence-electron chi connectivity index (χ0n) is 19.2. The number of anilines is 2. The normalized spacial score (nSPS) is 11.7. The monoisotopic (exact) mass is 485 g/mol. The highest BCUT2D eigenvalue weighted by Gasteiger charge is 2.30. The molecular formula is C26H23N5O3S. The summed E-state index contributed by atoms with van der Waals surface area (Å²) in [6, 6.07) is 21.0. The van der Waals surface area contributed by atoms with Crippen molar-refractivity contribution in [2.24, 2.45) is 0 Å². The average molecular weight is 486 g/mol. The smallest absolute Gasteiger partial charge is 0.221 e. The molecule has 0 aliphatic rings. The second-order valence-electron chi connectivity index (χ2n) is 8.16. The summed E-state index contributed by atoms with van der Waals surface area (Å²) in [4.78, 5) is 20.7. The van der Waals surface area contributed by atoms with Crippen LogP contribution in [-0.4, -0.2) is 28.9 Å². The van der Waals surface area contributed by atoms with Crippen LogP contribution in [0.25, 0.3) is 27.9 Å². The SMILES string of the molecule is CCc1ccc(-n2c(N)c(S(=O)(=O)c3ccc(NC(C)=O)cc3)c3nc4ccccc4nc32)cc1. The highest BCUT2D eigenvalue weighted by Crippen LogP contribution is 2.37. The first kappa shape index (κ1) is 22.5. The standard InChI is InChI=1S/C26H23N5O3S/c1-3-17-8-12-19(13-9-17)31-25(27)24(23-26(31)30-22-7-5-4-6-21(22)29-23)35(33,34)20-14-10-18(11-15-20)28-16(2)32/h4-15H,3,27H2,1-2H3,(H,28,32). The first-order chi connectivity index (χ1) is 16.8. The van der Waals surface area contributed by atoms with E-state index in [1.165, 1.54) is 31.2 Å². The molecule has 9 heteroatoms. The van der Waals surface area contributed by atoms with Crippen LogP contribution in [0.1, 0.15) is 19.4 Å². The molecule has 5 rings (SSSR count). The molecule has 0 saturated heterocycles. The van der Waals surface area contributed by atoms with Crippen molar-refractivity contribution in [2.45, 2.75) is 30.1 Å². The molecule has 1 amide bonds. The number of carbonyl (C=O) groups excluding carboxylic acids is 1. The van der Waals surface area contributed by atoms with Gasteiger partial charge in [-0.2, -0.15) is 0 Å². The Morgan fingerprint density at radius 3 is 2.17 bits per heavy atom. The molecule has 2 aromatic heterocycles. The number of para-hydroxylation sites is 2. The third kappa shape index (κ3) is 3.89. The number of rotatable bonds is 5. The lowest BCUT2D eigenvalue weighted by atomic mass is 10.1. The summed E-state index contributed by atoms with van der Waals surface area (Å²) in [5.41, 5.74) is 10.6. The Morgan fingerprint density at radius 1 is 0.943 bits per heavy atom. The van der Waals surface area contributed by atoms with Crippen LogP contribution in [0.15, 0.2) is 82.6 Å². The zero-order chi connectivity index (χ0) is 24.7. The van der Waals surface area contributed by atoms with E-state index in [1.54, 1.807) is 10.6 Å². The molecule has 0 saturated carbocycles. The molecule has 2 heterocycles. The van der Waals surface area contributed by atoms with Crippen LogP contribution in [0.4, 0.5) is 11.5 Å². The Balaban J connectivity index is 1.77. The van der Waals surface area contributed by atoms with Crippen LogP contribution < -0.4 is 11.1 Å². The van der Waals surface area contributed by atoms with Gasteiger partial charge in [-0.15, -0.1) is 0 Å². The fraction of sp³-hybridized carbons (Fsp3) is 0.115. The van der Waals surface area contributed by atoms with Crippen molar-refractivity contribution in [2.75, 3.05) is 11.1 Å². The largest absolute Gasteiger partial charge is 0.384 e. The van der Waals surface area contributed by atoms with Crippen LogP contribution in [0.5, 0.6) is 0 Å². The molecule has 0 fully saturated rings. The van der Waals surface area contributed by atoms with Gasteiger partial charge in [0.2, 0.25) is 15.7 Å². The van der Waals surface area contributed by atoms with Gasteiger partial charge in [0.1, 0.15) is 16.2 Å². The fourth-order valence-electron chi connectivity index (χ4n) is 4.08. The maximum atomic E-state index is 13.8. The molecule has 0 spiro atoms. The van der Waals surface area contributed by atoms with Gasteiger partial charge >= 0.3 is 0 Å². The van der Waals surface area contributed by atoms with Crippen molar-refractivity contribution in [1.29, 1.82) is 0 Å². The third-order valence-electron chi connectivity index (χ3n) is 5.81. The summed E-state index contributed by atoms with van der Waals surface area (Å²) in [6.45, 7) is 3.45. The Morgan fingerprint density at radius 2 is 1.57 bits per heavy atom. The fourth-order valence-corrected chi connectivity index (χ4v) is 5.57. The number of aromatic nitrogens is 3. The van der Waals surface area contributed by atoms with Crippen molar-refractivity contribution in [3.8, 4) is 5.69 Å². The number of nitrogens with zero attached hydrogens (tertiary/aromatic N) is 3. The molecule has 8 nitrogen and oxygen atoms in total. The van der Waals surface area contributed by atoms with Gasteiger partial charge in [0.25, 0.3) is 0 Å². The minimum atomic E-state index is -4.07. The minimum absolute atomic E-state index is 0.0329. The average Bonchev–Trinajstić information content (AvgIpc) is 3.13. The maximum Gasteiger partial charge on any atom is 0.221 e. The quantitative estimate of drug-likeness (QED) is 0.378. The number of nitrogen functional groups attached to an aromatic ring is 1. The number of carbonyl (C=O) groups is 1. The number of nitrogens with one attached hydrogen (secondary N) is 1. The molecule has 0 aliphatic carbocycles. The van der Waals surface area contributed by atoms with Gasteiger partial charge in [-0.1, -0.05) is 31.2 Å². The molecule has 0 unspecified atom stereocenters. The summed E-state index contributed by atoms with van der Waals surface area (Å²) in [7, 11) is -4.07. The van der Waals surface area contributed by atoms with Crippen LogP contribution in [0.3, 0.4) is 0 Å². The number of amides is 1. The van der Waals surface area contributed by atoms with E-state index in [2.05, 4.69) is 17.2 Å². The van der Waals surface area contributed by atoms with E-state index in [-0.39, 0.29) is 27.0 Å². The Labute approximate surface area is 202 Å². The predicted octanol–water partition coefficient (Wildman–Crippen LogP) is 4.51. The Bertz CT molecular complexity index is 1690. The minimum Gasteiger partial charge on any atom is -0.384 e. The molecule has 0 bridgehead atoms. The van der Waals surface area contributed by atoms with Gasteiger partial charge in [-0.05, 0) is 60.5 Å². The van der Waals surface area contributed by atoms with Gasteiger partial charge < -0.3 is 11.1 Å². The van der Waals surface area contributed by atoms with Gasteiger partial charge in [0.05, 0.1) is 15.9 Å². The number of aryl methyl sites for hydroxylation is 1. The molecule has 35 heavy (non-hydrogen) atoms. The molecule has 176 valence electrons. The first-order valence-corrected chi connectivity index (χ1v) is 12.6. The molecule has 0 radical (unpaired) electrons. The second-order valence-corrected chi connectivity index (χ2v) is 10.0. The van der Waals surface area contributed by atoms with Gasteiger partial charge in [0, 0.05) is 18.3 Å². The highest BCUT2D eigenvalue weighted by molar-refractivity contribution is 7.92. The molecule has 0 atom stereocenters. The van der Waals surface area contributed by atoms with Crippen molar-refractivity contribution < 1.29 is 13.2 Å². The van der Waals surface area contributed by atoms with E-state index in [9.17, 15) is 13.2 Å². The molecular weight excluding hydrogens is 462 g/mol. The Hall–Kier alpha value is -4.24. The zero-order valence-corrected chi connectivity index (χ0v) is 20.0. The van der Waals surface area contributed by atoms with Gasteiger partial charge in [-0.25, -0.2) is 18.4 Å². The van der Waals surface area contributed by atoms with Crippen molar-refractivity contribution >= 4 is 49.4 Å². The number of fused-ring (bicyclic) bond motifs is 2. The van der Waals surface area contributed by atoms with Crippen LogP contribution in [0, 0.1) is 0 Å². The van der Waals surface area contributed by atoms with E-state index in [0.29, 0.717) is 28.1 Å². The number of nitrogens with two attached hydrogens (primary N) is 1. The van der Waals surface area contributed by atoms with Crippen molar-refractivity contribution in [1.82, 2.24) is 14.5 Å². The molecule has 5 aromatic rings. The van der Waals surface area contributed by atoms with E-state index < -0.39 is 9.84 Å². The lowest BCUT2D eigenvalue weighted by Gasteiger charge is -2.09. The third-order valence-corrected chi connectivity index (χ3v) is 7.64. The van der Waals surface area contributed by atoms with Gasteiger partial charge in [-0.3, -0.25) is 9.36 Å². The summed E-state index contributed by atoms with van der Waals surface area (Å²) in [5, 5.41) is 2.63. The van der Waals surface area contributed by atoms with Gasteiger partial charge in [0.15, 0.2) is 5.65 Å². The molecule has 3 N–H and O–H groups in total. The van der Waals surface area contributed by atoms with E-state index in [0.717, 1.165) is 12.0 Å². The summed E-state index contributed by atoms with van der Waals surface area (Å²) >= 11 is 0. The van der Waals surface area contributed by atoms with E-state index in [4.69, 9.17) is 10.7 Å².